The fraction of sp³-hybridized carbons (Fsp3) is 0.467. The van der Waals surface area contributed by atoms with Gasteiger partial charge in [-0.1, -0.05) is 12.1 Å². The van der Waals surface area contributed by atoms with Gasteiger partial charge >= 0.3 is 6.03 Å². The molecular formula is C15H20FN3O2. The Labute approximate surface area is 123 Å². The Morgan fingerprint density at radius 2 is 1.86 bits per heavy atom. The number of nitrogens with zero attached hydrogens (tertiary/aromatic N) is 2. The van der Waals surface area contributed by atoms with Gasteiger partial charge in [0.25, 0.3) is 0 Å². The van der Waals surface area contributed by atoms with Gasteiger partial charge in [-0.15, -0.1) is 0 Å². The van der Waals surface area contributed by atoms with Crippen LogP contribution in [0, 0.1) is 5.82 Å². The molecule has 0 unspecified atom stereocenters. The summed E-state index contributed by atoms with van der Waals surface area (Å²) in [6.45, 7) is 4.56. The van der Waals surface area contributed by atoms with Gasteiger partial charge in [-0.2, -0.15) is 0 Å². The van der Waals surface area contributed by atoms with Crippen molar-refractivity contribution in [2.75, 3.05) is 32.7 Å². The van der Waals surface area contributed by atoms with E-state index in [4.69, 9.17) is 0 Å². The van der Waals surface area contributed by atoms with Crippen LogP contribution in [0.2, 0.25) is 0 Å². The Balaban J connectivity index is 1.84. The van der Waals surface area contributed by atoms with E-state index in [0.717, 1.165) is 0 Å². The fourth-order valence-electron chi connectivity index (χ4n) is 2.36. The molecule has 1 aliphatic rings. The summed E-state index contributed by atoms with van der Waals surface area (Å²) in [5.74, 6) is -0.363. The first-order valence-corrected chi connectivity index (χ1v) is 7.15. The molecule has 5 nitrogen and oxygen atoms in total. The first kappa shape index (κ1) is 15.3. The molecule has 0 atom stereocenters. The lowest BCUT2D eigenvalue weighted by molar-refractivity contribution is -0.131. The molecule has 0 spiro atoms. The molecule has 2 rings (SSSR count). The molecule has 0 bridgehead atoms. The van der Waals surface area contributed by atoms with Crippen LogP contribution < -0.4 is 5.32 Å². The van der Waals surface area contributed by atoms with Crippen molar-refractivity contribution in [3.05, 3.63) is 35.6 Å². The molecule has 0 aromatic heterocycles. The van der Waals surface area contributed by atoms with E-state index in [-0.39, 0.29) is 24.2 Å². The van der Waals surface area contributed by atoms with Crippen LogP contribution in [-0.4, -0.2) is 54.5 Å². The van der Waals surface area contributed by atoms with Gasteiger partial charge in [-0.3, -0.25) is 4.79 Å². The zero-order chi connectivity index (χ0) is 15.2. The average molecular weight is 293 g/mol. The highest BCUT2D eigenvalue weighted by Crippen LogP contribution is 2.08. The molecule has 1 aliphatic heterocycles. The summed E-state index contributed by atoms with van der Waals surface area (Å²) in [7, 11) is 0. The van der Waals surface area contributed by atoms with E-state index >= 15 is 0 Å². The number of amides is 3. The Bertz CT molecular complexity index is 513. The number of carbonyl (C=O) groups is 2. The quantitative estimate of drug-likeness (QED) is 0.911. The highest BCUT2D eigenvalue weighted by Gasteiger charge is 2.23. The monoisotopic (exact) mass is 293 g/mol. The van der Waals surface area contributed by atoms with Gasteiger partial charge in [0, 0.05) is 32.7 Å². The van der Waals surface area contributed by atoms with Crippen molar-refractivity contribution in [2.24, 2.45) is 0 Å². The molecule has 1 N–H and O–H groups in total. The van der Waals surface area contributed by atoms with Gasteiger partial charge in [0.1, 0.15) is 5.82 Å². The third kappa shape index (κ3) is 4.18. The van der Waals surface area contributed by atoms with Crippen LogP contribution in [0.4, 0.5) is 9.18 Å². The molecular weight excluding hydrogens is 273 g/mol. The Morgan fingerprint density at radius 1 is 1.19 bits per heavy atom. The molecule has 6 heteroatoms. The van der Waals surface area contributed by atoms with E-state index in [0.29, 0.717) is 38.3 Å². The maximum Gasteiger partial charge on any atom is 0.317 e. The standard InChI is InChI=1S/C15H20FN3O2/c1-2-17-15(21)19-8-6-18(7-9-19)14(20)11-12-4-3-5-13(16)10-12/h3-5,10H,2,6-9,11H2,1H3,(H,17,21). The first-order valence-electron chi connectivity index (χ1n) is 7.15. The molecule has 0 radical (unpaired) electrons. The summed E-state index contributed by atoms with van der Waals surface area (Å²) in [6.07, 6.45) is 0.193. The van der Waals surface area contributed by atoms with E-state index < -0.39 is 0 Å². The van der Waals surface area contributed by atoms with Crippen molar-refractivity contribution < 1.29 is 14.0 Å². The lowest BCUT2D eigenvalue weighted by Crippen LogP contribution is -2.53. The third-order valence-corrected chi connectivity index (χ3v) is 3.49. The summed E-state index contributed by atoms with van der Waals surface area (Å²) in [5, 5.41) is 2.75. The van der Waals surface area contributed by atoms with E-state index in [1.165, 1.54) is 12.1 Å². The van der Waals surface area contributed by atoms with Crippen molar-refractivity contribution in [2.45, 2.75) is 13.3 Å². The second kappa shape index (κ2) is 7.06. The molecule has 1 saturated heterocycles. The Hall–Kier alpha value is -2.11. The number of halogens is 1. The molecule has 21 heavy (non-hydrogen) atoms. The zero-order valence-electron chi connectivity index (χ0n) is 12.1. The van der Waals surface area contributed by atoms with E-state index in [2.05, 4.69) is 5.32 Å². The minimum absolute atomic E-state index is 0.0313. The highest BCUT2D eigenvalue weighted by molar-refractivity contribution is 5.79. The van der Waals surface area contributed by atoms with E-state index in [1.807, 2.05) is 6.92 Å². The van der Waals surface area contributed by atoms with E-state index in [9.17, 15) is 14.0 Å². The third-order valence-electron chi connectivity index (χ3n) is 3.49. The maximum atomic E-state index is 13.1. The van der Waals surface area contributed by atoms with E-state index in [1.54, 1.807) is 21.9 Å². The van der Waals surface area contributed by atoms with Gasteiger partial charge < -0.3 is 15.1 Å². The van der Waals surface area contributed by atoms with Gasteiger partial charge in [-0.25, -0.2) is 9.18 Å². The summed E-state index contributed by atoms with van der Waals surface area (Å²) < 4.78 is 13.1. The Morgan fingerprint density at radius 3 is 2.48 bits per heavy atom. The number of nitrogens with one attached hydrogen (secondary N) is 1. The number of piperazine rings is 1. The zero-order valence-corrected chi connectivity index (χ0v) is 12.1. The molecule has 0 saturated carbocycles. The van der Waals surface area contributed by atoms with Crippen molar-refractivity contribution in [1.29, 1.82) is 0 Å². The van der Waals surface area contributed by atoms with Crippen molar-refractivity contribution in [3.63, 3.8) is 0 Å². The SMILES string of the molecule is CCNC(=O)N1CCN(C(=O)Cc2cccc(F)c2)CC1. The predicted molar refractivity (Wildman–Crippen MR) is 77.3 cm³/mol. The van der Waals surface area contributed by atoms with Crippen LogP contribution in [0.25, 0.3) is 0 Å². The van der Waals surface area contributed by atoms with Gasteiger partial charge in [-0.05, 0) is 24.6 Å². The van der Waals surface area contributed by atoms with Crippen molar-refractivity contribution >= 4 is 11.9 Å². The number of rotatable bonds is 3. The molecule has 1 aromatic rings. The van der Waals surface area contributed by atoms with Crippen LogP contribution in [0.1, 0.15) is 12.5 Å². The average Bonchev–Trinajstić information content (AvgIpc) is 2.47. The van der Waals surface area contributed by atoms with Gasteiger partial charge in [0.05, 0.1) is 6.42 Å². The fourth-order valence-corrected chi connectivity index (χ4v) is 2.36. The minimum atomic E-state index is -0.332. The molecule has 0 aliphatic carbocycles. The second-order valence-electron chi connectivity index (χ2n) is 5.01. The number of benzene rings is 1. The largest absolute Gasteiger partial charge is 0.339 e. The van der Waals surface area contributed by atoms with Crippen LogP contribution in [-0.2, 0) is 11.2 Å². The molecule has 3 amide bonds. The van der Waals surface area contributed by atoms with Gasteiger partial charge in [0.15, 0.2) is 0 Å². The number of urea groups is 1. The van der Waals surface area contributed by atoms with Crippen LogP contribution in [0.3, 0.4) is 0 Å². The molecule has 1 heterocycles. The second-order valence-corrected chi connectivity index (χ2v) is 5.01. The Kier molecular flexibility index (Phi) is 5.14. The summed E-state index contributed by atoms with van der Waals surface area (Å²) >= 11 is 0. The summed E-state index contributed by atoms with van der Waals surface area (Å²) in [6, 6.07) is 5.99. The lowest BCUT2D eigenvalue weighted by Gasteiger charge is -2.34. The topological polar surface area (TPSA) is 52.7 Å². The highest BCUT2D eigenvalue weighted by atomic mass is 19.1. The number of carbonyl (C=O) groups excluding carboxylic acids is 2. The number of hydrogen-bond donors (Lipinski definition) is 1. The maximum absolute atomic E-state index is 13.1. The first-order chi connectivity index (χ1) is 10.1. The van der Waals surface area contributed by atoms with Crippen molar-refractivity contribution in [1.82, 2.24) is 15.1 Å². The van der Waals surface area contributed by atoms with Crippen LogP contribution in [0.5, 0.6) is 0 Å². The molecule has 1 fully saturated rings. The lowest BCUT2D eigenvalue weighted by atomic mass is 10.1. The van der Waals surface area contributed by atoms with Crippen LogP contribution >= 0.6 is 0 Å². The smallest absolute Gasteiger partial charge is 0.317 e. The van der Waals surface area contributed by atoms with Crippen molar-refractivity contribution in [3.8, 4) is 0 Å². The summed E-state index contributed by atoms with van der Waals surface area (Å²) in [5.41, 5.74) is 0.672. The normalized spacial score (nSPS) is 15.0. The minimum Gasteiger partial charge on any atom is -0.339 e. The summed E-state index contributed by atoms with van der Waals surface area (Å²) in [4.78, 5) is 27.3. The van der Waals surface area contributed by atoms with Gasteiger partial charge in [0.2, 0.25) is 5.91 Å². The molecule has 1 aromatic carbocycles. The molecule has 114 valence electrons. The van der Waals surface area contributed by atoms with Crippen LogP contribution in [0.15, 0.2) is 24.3 Å². The predicted octanol–water partition coefficient (Wildman–Crippen LogP) is 1.24. The number of hydrogen-bond acceptors (Lipinski definition) is 2.